The lowest BCUT2D eigenvalue weighted by Crippen LogP contribution is -2.54. The number of hydrogen-bond acceptors (Lipinski definition) is 6. The van der Waals surface area contributed by atoms with Gasteiger partial charge in [-0.05, 0) is 59.9 Å². The van der Waals surface area contributed by atoms with Crippen molar-refractivity contribution in [3.05, 3.63) is 29.3 Å². The zero-order chi connectivity index (χ0) is 30.5. The Kier molecular flexibility index (Phi) is 14.5. The molecule has 1 aromatic carbocycles. The summed E-state index contributed by atoms with van der Waals surface area (Å²) in [7, 11) is 0. The van der Waals surface area contributed by atoms with Crippen molar-refractivity contribution in [3.8, 4) is 5.75 Å². The van der Waals surface area contributed by atoms with Crippen LogP contribution in [0.5, 0.6) is 5.75 Å². The third-order valence-corrected chi connectivity index (χ3v) is 6.26. The van der Waals surface area contributed by atoms with Gasteiger partial charge < -0.3 is 31.1 Å². The molecule has 0 heterocycles. The van der Waals surface area contributed by atoms with Crippen LogP contribution in [0.1, 0.15) is 110 Å². The van der Waals surface area contributed by atoms with Gasteiger partial charge in [0.05, 0.1) is 0 Å². The van der Waals surface area contributed by atoms with E-state index < -0.39 is 41.5 Å². The summed E-state index contributed by atoms with van der Waals surface area (Å²) in [4.78, 5) is 53.5. The van der Waals surface area contributed by atoms with Crippen LogP contribution in [0.2, 0.25) is 0 Å². The highest BCUT2D eigenvalue weighted by Crippen LogP contribution is 2.33. The topological polar surface area (TPSA) is 151 Å². The fourth-order valence-corrected chi connectivity index (χ4v) is 4.34. The number of primary amides is 1. The lowest BCUT2D eigenvalue weighted by molar-refractivity contribution is -0.143. The smallest absolute Gasteiger partial charge is 0.408 e. The third kappa shape index (κ3) is 12.3. The van der Waals surface area contributed by atoms with Gasteiger partial charge in [-0.25, -0.2) is 4.79 Å². The summed E-state index contributed by atoms with van der Waals surface area (Å²) >= 11 is 0. The van der Waals surface area contributed by atoms with Gasteiger partial charge in [0.15, 0.2) is 0 Å². The maximum Gasteiger partial charge on any atom is 0.408 e. The molecule has 5 N–H and O–H groups in total. The van der Waals surface area contributed by atoms with E-state index in [0.29, 0.717) is 12.0 Å². The Bertz CT molecular complexity index is 989. The second kappa shape index (κ2) is 16.7. The molecule has 0 saturated heterocycles. The van der Waals surface area contributed by atoms with Crippen LogP contribution in [0.25, 0.3) is 0 Å². The Morgan fingerprint density at radius 1 is 1.02 bits per heavy atom. The Labute approximate surface area is 239 Å². The molecule has 0 fully saturated rings. The highest BCUT2D eigenvalue weighted by atomic mass is 16.6. The van der Waals surface area contributed by atoms with Crippen molar-refractivity contribution in [2.45, 2.75) is 124 Å². The summed E-state index contributed by atoms with van der Waals surface area (Å²) in [6.45, 7) is 12.8. The molecule has 10 heteroatoms. The minimum absolute atomic E-state index is 0.0707. The molecule has 0 aliphatic heterocycles. The van der Waals surface area contributed by atoms with Gasteiger partial charge in [0, 0.05) is 24.6 Å². The monoisotopic (exact) mass is 562 g/mol. The molecule has 0 spiro atoms. The van der Waals surface area contributed by atoms with E-state index in [0.717, 1.165) is 32.1 Å². The number of aryl methyl sites for hydroxylation is 1. The Morgan fingerprint density at radius 3 is 2.23 bits per heavy atom. The van der Waals surface area contributed by atoms with Crippen molar-refractivity contribution in [1.82, 2.24) is 15.5 Å². The number of hydrogen-bond donors (Lipinski definition) is 4. The minimum Gasteiger partial charge on any atom is -0.507 e. The van der Waals surface area contributed by atoms with E-state index in [2.05, 4.69) is 17.6 Å². The van der Waals surface area contributed by atoms with Crippen LogP contribution in [0, 0.1) is 6.92 Å². The molecule has 1 rings (SSSR count). The first kappa shape index (κ1) is 34.7. The zero-order valence-electron chi connectivity index (χ0n) is 25.3. The summed E-state index contributed by atoms with van der Waals surface area (Å²) in [6.07, 6.45) is 4.68. The van der Waals surface area contributed by atoms with Crippen LogP contribution >= 0.6 is 0 Å². The minimum atomic E-state index is -1.18. The highest BCUT2D eigenvalue weighted by molar-refractivity contribution is 5.93. The van der Waals surface area contributed by atoms with Crippen LogP contribution in [0.15, 0.2) is 18.2 Å². The largest absolute Gasteiger partial charge is 0.507 e. The molecule has 0 aliphatic carbocycles. The number of carbonyl (C=O) groups excluding carboxylic acids is 4. The van der Waals surface area contributed by atoms with Crippen LogP contribution in [0.4, 0.5) is 4.79 Å². The molecule has 226 valence electrons. The van der Waals surface area contributed by atoms with Crippen molar-refractivity contribution in [3.63, 3.8) is 0 Å². The number of phenolic OH excluding ortho intramolecular Hbond substituents is 1. The van der Waals surface area contributed by atoms with E-state index in [4.69, 9.17) is 10.5 Å². The van der Waals surface area contributed by atoms with E-state index in [9.17, 15) is 24.3 Å². The van der Waals surface area contributed by atoms with E-state index in [1.807, 2.05) is 13.8 Å². The number of rotatable bonds is 16. The van der Waals surface area contributed by atoms with E-state index in [-0.39, 0.29) is 36.7 Å². The molecular weight excluding hydrogens is 512 g/mol. The molecule has 2 unspecified atom stereocenters. The van der Waals surface area contributed by atoms with Gasteiger partial charge in [-0.1, -0.05) is 57.2 Å². The first-order valence-electron chi connectivity index (χ1n) is 14.3. The van der Waals surface area contributed by atoms with Crippen molar-refractivity contribution in [2.24, 2.45) is 5.73 Å². The summed E-state index contributed by atoms with van der Waals surface area (Å²) in [6, 6.07) is 2.49. The molecule has 1 aromatic rings. The number of para-hydroxylation sites is 1. The molecule has 0 bridgehead atoms. The van der Waals surface area contributed by atoms with Gasteiger partial charge in [0.25, 0.3) is 0 Å². The van der Waals surface area contributed by atoms with Crippen molar-refractivity contribution >= 4 is 23.8 Å². The maximum atomic E-state index is 14.2. The first-order chi connectivity index (χ1) is 18.7. The standard InChI is InChI=1S/C30H50N4O6/c1-8-9-10-11-12-13-19-34(25(27(37)32-20(2)3)22-16-14-15-21(4)26(22)36)28(38)23(17-18-24(31)35)33-29(39)40-30(5,6)7/h14-16,20,23,25,36H,8-13,17-19H2,1-7H3,(H2,31,35)(H,32,37)(H,33,39). The second-order valence-corrected chi connectivity index (χ2v) is 11.6. The molecule has 10 nitrogen and oxygen atoms in total. The quantitative estimate of drug-likeness (QED) is 0.216. The van der Waals surface area contributed by atoms with Crippen molar-refractivity contribution in [2.75, 3.05) is 6.54 Å². The molecule has 0 radical (unpaired) electrons. The van der Waals surface area contributed by atoms with Gasteiger partial charge in [0.1, 0.15) is 23.4 Å². The lowest BCUT2D eigenvalue weighted by atomic mass is 9.98. The second-order valence-electron chi connectivity index (χ2n) is 11.6. The van der Waals surface area contributed by atoms with E-state index in [1.165, 1.54) is 4.90 Å². The van der Waals surface area contributed by atoms with E-state index in [1.54, 1.807) is 45.9 Å². The fourth-order valence-electron chi connectivity index (χ4n) is 4.34. The van der Waals surface area contributed by atoms with Crippen molar-refractivity contribution < 1.29 is 29.0 Å². The number of nitrogens with two attached hydrogens (primary N) is 1. The number of nitrogens with one attached hydrogen (secondary N) is 2. The zero-order valence-corrected chi connectivity index (χ0v) is 25.3. The maximum absolute atomic E-state index is 14.2. The number of aromatic hydroxyl groups is 1. The SMILES string of the molecule is CCCCCCCCN(C(=O)C(CCC(N)=O)NC(=O)OC(C)(C)C)C(C(=O)NC(C)C)c1cccc(C)c1O. The number of carbonyl (C=O) groups is 4. The van der Waals surface area contributed by atoms with Crippen LogP contribution in [0.3, 0.4) is 0 Å². The molecule has 0 aliphatic rings. The first-order valence-corrected chi connectivity index (χ1v) is 14.3. The summed E-state index contributed by atoms with van der Waals surface area (Å²) < 4.78 is 5.36. The molecule has 40 heavy (non-hydrogen) atoms. The van der Waals surface area contributed by atoms with E-state index >= 15 is 0 Å². The summed E-state index contributed by atoms with van der Waals surface area (Å²) in [5.74, 6) is -1.73. The highest BCUT2D eigenvalue weighted by Gasteiger charge is 2.37. The Hall–Kier alpha value is -3.30. The normalized spacial score (nSPS) is 12.9. The van der Waals surface area contributed by atoms with Gasteiger partial charge in [-0.3, -0.25) is 14.4 Å². The van der Waals surface area contributed by atoms with Gasteiger partial charge in [-0.15, -0.1) is 0 Å². The summed E-state index contributed by atoms with van der Waals surface area (Å²) in [5, 5.41) is 16.4. The fraction of sp³-hybridized carbons (Fsp3) is 0.667. The molecule has 0 saturated carbocycles. The van der Waals surface area contributed by atoms with Gasteiger partial charge in [0.2, 0.25) is 17.7 Å². The predicted octanol–water partition coefficient (Wildman–Crippen LogP) is 4.61. The average Bonchev–Trinajstić information content (AvgIpc) is 2.83. The van der Waals surface area contributed by atoms with Crippen LogP contribution in [-0.4, -0.2) is 58.1 Å². The Balaban J connectivity index is 3.53. The predicted molar refractivity (Wildman–Crippen MR) is 156 cm³/mol. The van der Waals surface area contributed by atoms with Gasteiger partial charge in [-0.2, -0.15) is 0 Å². The molecule has 2 atom stereocenters. The molecule has 4 amide bonds. The van der Waals surface area contributed by atoms with Crippen LogP contribution < -0.4 is 16.4 Å². The van der Waals surface area contributed by atoms with Gasteiger partial charge >= 0.3 is 6.09 Å². The molecular formula is C30H50N4O6. The number of unbranched alkanes of at least 4 members (excludes halogenated alkanes) is 5. The van der Waals surface area contributed by atoms with Crippen molar-refractivity contribution in [1.29, 1.82) is 0 Å². The van der Waals surface area contributed by atoms with Crippen LogP contribution in [-0.2, 0) is 19.1 Å². The molecule has 0 aromatic heterocycles. The number of ether oxygens (including phenoxy) is 1. The third-order valence-electron chi connectivity index (χ3n) is 6.26. The number of benzene rings is 1. The number of nitrogens with zero attached hydrogens (tertiary/aromatic N) is 1. The summed E-state index contributed by atoms with van der Waals surface area (Å²) in [5.41, 5.74) is 5.40. The number of alkyl carbamates (subject to hydrolysis) is 1. The number of phenols is 1. The number of amides is 4. The Morgan fingerprint density at radius 2 is 1.65 bits per heavy atom. The lowest BCUT2D eigenvalue weighted by Gasteiger charge is -2.35. The average molecular weight is 563 g/mol.